The molecule has 0 bridgehead atoms. The fraction of sp³-hybridized carbons (Fsp3) is 0.571. The molecule has 1 aromatic rings. The molecule has 0 aliphatic heterocycles. The molecular weight excluding hydrogens is 255 g/mol. The van der Waals surface area contributed by atoms with Crippen molar-refractivity contribution in [1.82, 2.24) is 0 Å². The van der Waals surface area contributed by atoms with Crippen LogP contribution in [0.15, 0.2) is 18.2 Å². The van der Waals surface area contributed by atoms with E-state index < -0.39 is 5.60 Å². The molecule has 2 nitrogen and oxygen atoms in total. The second-order valence-corrected chi connectivity index (χ2v) is 5.39. The average molecular weight is 273 g/mol. The van der Waals surface area contributed by atoms with Crippen molar-refractivity contribution in [2.45, 2.75) is 43.8 Å². The smallest absolute Gasteiger partial charge is 0.124 e. The van der Waals surface area contributed by atoms with Gasteiger partial charge in [0, 0.05) is 18.6 Å². The SMILES string of the molecule is COC1CCCCC1(O)Cc1ccc(F)cc1Cl. The molecule has 1 aromatic carbocycles. The summed E-state index contributed by atoms with van der Waals surface area (Å²) >= 11 is 6.01. The molecule has 0 spiro atoms. The maximum atomic E-state index is 13.0. The van der Waals surface area contributed by atoms with Gasteiger partial charge >= 0.3 is 0 Å². The van der Waals surface area contributed by atoms with Crippen LogP contribution >= 0.6 is 11.6 Å². The van der Waals surface area contributed by atoms with Crippen molar-refractivity contribution in [1.29, 1.82) is 0 Å². The van der Waals surface area contributed by atoms with Gasteiger partial charge in [-0.3, -0.25) is 0 Å². The molecule has 100 valence electrons. The quantitative estimate of drug-likeness (QED) is 0.914. The summed E-state index contributed by atoms with van der Waals surface area (Å²) in [6, 6.07) is 4.29. The predicted octanol–water partition coefficient (Wildman–Crippen LogP) is 3.34. The molecular formula is C14H18ClFO2. The van der Waals surface area contributed by atoms with Crippen LogP contribution in [0.2, 0.25) is 5.02 Å². The molecule has 1 fully saturated rings. The topological polar surface area (TPSA) is 29.5 Å². The lowest BCUT2D eigenvalue weighted by atomic mass is 9.78. The molecule has 1 saturated carbocycles. The zero-order valence-electron chi connectivity index (χ0n) is 10.5. The summed E-state index contributed by atoms with van der Waals surface area (Å²) in [6.45, 7) is 0. The van der Waals surface area contributed by atoms with Crippen molar-refractivity contribution in [2.75, 3.05) is 7.11 Å². The van der Waals surface area contributed by atoms with E-state index in [1.165, 1.54) is 12.1 Å². The molecule has 0 heterocycles. The van der Waals surface area contributed by atoms with Crippen molar-refractivity contribution in [2.24, 2.45) is 0 Å². The Balaban J connectivity index is 2.20. The van der Waals surface area contributed by atoms with Crippen molar-refractivity contribution < 1.29 is 14.2 Å². The third-order valence-electron chi connectivity index (χ3n) is 3.72. The van der Waals surface area contributed by atoms with Crippen LogP contribution in [0.1, 0.15) is 31.2 Å². The van der Waals surface area contributed by atoms with E-state index in [-0.39, 0.29) is 11.9 Å². The van der Waals surface area contributed by atoms with Gasteiger partial charge < -0.3 is 9.84 Å². The lowest BCUT2D eigenvalue weighted by Crippen LogP contribution is -2.47. The average Bonchev–Trinajstić information content (AvgIpc) is 2.33. The van der Waals surface area contributed by atoms with Crippen LogP contribution in [0.3, 0.4) is 0 Å². The highest BCUT2D eigenvalue weighted by Crippen LogP contribution is 2.35. The number of methoxy groups -OCH3 is 1. The minimum atomic E-state index is -0.894. The molecule has 0 aromatic heterocycles. The summed E-state index contributed by atoms with van der Waals surface area (Å²) in [5.41, 5.74) is -0.126. The molecule has 1 aliphatic rings. The minimum Gasteiger partial charge on any atom is -0.387 e. The normalized spacial score (nSPS) is 28.3. The van der Waals surface area contributed by atoms with Crippen LogP contribution in [0, 0.1) is 5.82 Å². The van der Waals surface area contributed by atoms with Crippen LogP contribution < -0.4 is 0 Å². The van der Waals surface area contributed by atoms with Crippen LogP contribution in [0.5, 0.6) is 0 Å². The summed E-state index contributed by atoms with van der Waals surface area (Å²) in [4.78, 5) is 0. The Morgan fingerprint density at radius 1 is 1.50 bits per heavy atom. The van der Waals surface area contributed by atoms with Gasteiger partial charge in [0.05, 0.1) is 11.7 Å². The van der Waals surface area contributed by atoms with Gasteiger partial charge in [0.25, 0.3) is 0 Å². The first-order valence-corrected chi connectivity index (χ1v) is 6.62. The number of halogens is 2. The van der Waals surface area contributed by atoms with Gasteiger partial charge in [0.15, 0.2) is 0 Å². The Bertz CT molecular complexity index is 424. The molecule has 4 heteroatoms. The summed E-state index contributed by atoms with van der Waals surface area (Å²) in [5.74, 6) is -0.359. The summed E-state index contributed by atoms with van der Waals surface area (Å²) in [6.07, 6.45) is 3.83. The van der Waals surface area contributed by atoms with Crippen LogP contribution in [-0.2, 0) is 11.2 Å². The van der Waals surface area contributed by atoms with Crippen molar-refractivity contribution in [3.05, 3.63) is 34.6 Å². The summed E-state index contributed by atoms with van der Waals surface area (Å²) < 4.78 is 18.4. The molecule has 1 N–H and O–H groups in total. The molecule has 2 atom stereocenters. The standard InChI is InChI=1S/C14H18ClFO2/c1-18-13-4-2-3-7-14(13,17)9-10-5-6-11(16)8-12(10)15/h5-6,8,13,17H,2-4,7,9H2,1H3. The number of aliphatic hydroxyl groups is 1. The van der Waals surface area contributed by atoms with E-state index in [2.05, 4.69) is 0 Å². The van der Waals surface area contributed by atoms with Gasteiger partial charge in [-0.1, -0.05) is 30.5 Å². The van der Waals surface area contributed by atoms with E-state index in [9.17, 15) is 9.50 Å². The van der Waals surface area contributed by atoms with E-state index in [4.69, 9.17) is 16.3 Å². The fourth-order valence-electron chi connectivity index (χ4n) is 2.72. The van der Waals surface area contributed by atoms with E-state index in [0.717, 1.165) is 24.8 Å². The van der Waals surface area contributed by atoms with Gasteiger partial charge in [-0.05, 0) is 30.5 Å². The number of hydrogen-bond acceptors (Lipinski definition) is 2. The van der Waals surface area contributed by atoms with Gasteiger partial charge in [-0.2, -0.15) is 0 Å². The van der Waals surface area contributed by atoms with E-state index >= 15 is 0 Å². The van der Waals surface area contributed by atoms with Crippen molar-refractivity contribution in [3.8, 4) is 0 Å². The highest BCUT2D eigenvalue weighted by atomic mass is 35.5. The third-order valence-corrected chi connectivity index (χ3v) is 4.07. The van der Waals surface area contributed by atoms with Crippen molar-refractivity contribution in [3.63, 3.8) is 0 Å². The zero-order valence-corrected chi connectivity index (χ0v) is 11.2. The van der Waals surface area contributed by atoms with Gasteiger partial charge in [0.1, 0.15) is 5.82 Å². The lowest BCUT2D eigenvalue weighted by molar-refractivity contribution is -0.116. The molecule has 0 radical (unpaired) electrons. The molecule has 0 amide bonds. The number of benzene rings is 1. The Kier molecular flexibility index (Phi) is 4.25. The monoisotopic (exact) mass is 272 g/mol. The molecule has 0 saturated heterocycles. The zero-order chi connectivity index (χ0) is 13.2. The van der Waals surface area contributed by atoms with Gasteiger partial charge in [0.2, 0.25) is 0 Å². The number of hydrogen-bond donors (Lipinski definition) is 1. The minimum absolute atomic E-state index is 0.174. The highest BCUT2D eigenvalue weighted by Gasteiger charge is 2.39. The summed E-state index contributed by atoms with van der Waals surface area (Å²) in [7, 11) is 1.62. The first-order valence-electron chi connectivity index (χ1n) is 6.24. The summed E-state index contributed by atoms with van der Waals surface area (Å²) in [5, 5.41) is 11.1. The third kappa shape index (κ3) is 2.85. The second-order valence-electron chi connectivity index (χ2n) is 4.99. The van der Waals surface area contributed by atoms with Crippen LogP contribution in [0.4, 0.5) is 4.39 Å². The Labute approximate surface area is 112 Å². The first-order chi connectivity index (χ1) is 8.55. The Hall–Kier alpha value is -0.640. The fourth-order valence-corrected chi connectivity index (χ4v) is 2.96. The van der Waals surface area contributed by atoms with E-state index in [1.807, 2.05) is 0 Å². The molecule has 18 heavy (non-hydrogen) atoms. The van der Waals surface area contributed by atoms with Crippen LogP contribution in [0.25, 0.3) is 0 Å². The molecule has 2 unspecified atom stereocenters. The lowest BCUT2D eigenvalue weighted by Gasteiger charge is -2.39. The largest absolute Gasteiger partial charge is 0.387 e. The van der Waals surface area contributed by atoms with Crippen molar-refractivity contribution >= 4 is 11.6 Å². The number of ether oxygens (including phenoxy) is 1. The Morgan fingerprint density at radius 2 is 2.28 bits per heavy atom. The maximum absolute atomic E-state index is 13.0. The van der Waals surface area contributed by atoms with E-state index in [0.29, 0.717) is 17.9 Å². The predicted molar refractivity (Wildman–Crippen MR) is 69.3 cm³/mol. The maximum Gasteiger partial charge on any atom is 0.124 e. The molecule has 2 rings (SSSR count). The van der Waals surface area contributed by atoms with Gasteiger partial charge in [-0.15, -0.1) is 0 Å². The highest BCUT2D eigenvalue weighted by molar-refractivity contribution is 6.31. The Morgan fingerprint density at radius 3 is 2.94 bits per heavy atom. The second kappa shape index (κ2) is 5.55. The number of rotatable bonds is 3. The van der Waals surface area contributed by atoms with Crippen LogP contribution in [-0.4, -0.2) is 23.9 Å². The molecule has 1 aliphatic carbocycles. The van der Waals surface area contributed by atoms with Gasteiger partial charge in [-0.25, -0.2) is 4.39 Å². The van der Waals surface area contributed by atoms with E-state index in [1.54, 1.807) is 13.2 Å². The first kappa shape index (κ1) is 13.8.